The van der Waals surface area contributed by atoms with Crippen molar-refractivity contribution in [1.82, 2.24) is 24.4 Å². The zero-order valence-electron chi connectivity index (χ0n) is 16.9. The molecular formula is C22H23N5O3. The summed E-state index contributed by atoms with van der Waals surface area (Å²) in [6.07, 6.45) is 1.41. The fourth-order valence-corrected chi connectivity index (χ4v) is 3.57. The molecule has 8 nitrogen and oxygen atoms in total. The van der Waals surface area contributed by atoms with Gasteiger partial charge >= 0.3 is 0 Å². The van der Waals surface area contributed by atoms with Gasteiger partial charge in [-0.3, -0.25) is 14.2 Å². The Kier molecular flexibility index (Phi) is 5.58. The minimum atomic E-state index is -0.342. The van der Waals surface area contributed by atoms with Crippen LogP contribution in [0.15, 0.2) is 59.7 Å². The summed E-state index contributed by atoms with van der Waals surface area (Å²) >= 11 is 0. The summed E-state index contributed by atoms with van der Waals surface area (Å²) in [6, 6.07) is 14.6. The number of imidazole rings is 1. The summed E-state index contributed by atoms with van der Waals surface area (Å²) in [5.74, 6) is 0.456. The first-order valence-electron chi connectivity index (χ1n) is 9.76. The molecule has 30 heavy (non-hydrogen) atoms. The molecule has 4 aromatic rings. The van der Waals surface area contributed by atoms with E-state index in [1.165, 1.54) is 10.9 Å². The lowest BCUT2D eigenvalue weighted by atomic mass is 10.2. The SMILES string of the molecule is COCCn1c([C@H](C)NC(=O)Cn2cnc3ccccc3c2=O)nc2ccccc21. The van der Waals surface area contributed by atoms with Crippen LogP contribution in [0.1, 0.15) is 18.8 Å². The second-order valence-electron chi connectivity index (χ2n) is 7.09. The fraction of sp³-hybridized carbons (Fsp3) is 0.273. The van der Waals surface area contributed by atoms with Gasteiger partial charge in [-0.15, -0.1) is 0 Å². The monoisotopic (exact) mass is 405 g/mol. The second kappa shape index (κ2) is 8.46. The van der Waals surface area contributed by atoms with Crippen molar-refractivity contribution >= 4 is 27.8 Å². The van der Waals surface area contributed by atoms with E-state index in [4.69, 9.17) is 9.72 Å². The molecule has 0 aliphatic carbocycles. The van der Waals surface area contributed by atoms with Gasteiger partial charge < -0.3 is 14.6 Å². The minimum absolute atomic E-state index is 0.112. The van der Waals surface area contributed by atoms with Crippen molar-refractivity contribution < 1.29 is 9.53 Å². The Hall–Kier alpha value is -3.52. The number of aromatic nitrogens is 4. The lowest BCUT2D eigenvalue weighted by molar-refractivity contribution is -0.122. The number of fused-ring (bicyclic) bond motifs is 2. The Labute approximate surface area is 173 Å². The molecule has 154 valence electrons. The first-order chi connectivity index (χ1) is 14.6. The van der Waals surface area contributed by atoms with Gasteiger partial charge in [0, 0.05) is 13.7 Å². The van der Waals surface area contributed by atoms with Crippen LogP contribution >= 0.6 is 0 Å². The number of carbonyl (C=O) groups is 1. The molecule has 1 amide bonds. The van der Waals surface area contributed by atoms with Crippen LogP contribution in [0.4, 0.5) is 0 Å². The van der Waals surface area contributed by atoms with Gasteiger partial charge in [0.1, 0.15) is 12.4 Å². The van der Waals surface area contributed by atoms with Gasteiger partial charge in [0.05, 0.1) is 40.9 Å². The third kappa shape index (κ3) is 3.81. The number of methoxy groups -OCH3 is 1. The molecule has 0 fully saturated rings. The van der Waals surface area contributed by atoms with Crippen LogP contribution in [0, 0.1) is 0 Å². The van der Waals surface area contributed by atoms with E-state index in [-0.39, 0.29) is 24.1 Å². The molecular weight excluding hydrogens is 382 g/mol. The van der Waals surface area contributed by atoms with Gasteiger partial charge in [0.25, 0.3) is 5.56 Å². The van der Waals surface area contributed by atoms with Crippen molar-refractivity contribution in [2.24, 2.45) is 0 Å². The predicted molar refractivity (Wildman–Crippen MR) is 114 cm³/mol. The molecule has 2 aromatic carbocycles. The summed E-state index contributed by atoms with van der Waals surface area (Å²) in [5, 5.41) is 3.44. The van der Waals surface area contributed by atoms with Crippen molar-refractivity contribution in [3.8, 4) is 0 Å². The maximum Gasteiger partial charge on any atom is 0.261 e. The first-order valence-corrected chi connectivity index (χ1v) is 9.76. The van der Waals surface area contributed by atoms with Crippen LogP contribution in [-0.2, 0) is 22.6 Å². The van der Waals surface area contributed by atoms with Gasteiger partial charge in [-0.2, -0.15) is 0 Å². The predicted octanol–water partition coefficient (Wildman–Crippen LogP) is 2.27. The molecule has 0 unspecified atom stereocenters. The lowest BCUT2D eigenvalue weighted by Crippen LogP contribution is -2.35. The Balaban J connectivity index is 1.55. The third-order valence-corrected chi connectivity index (χ3v) is 5.01. The molecule has 1 atom stereocenters. The maximum absolute atomic E-state index is 12.7. The highest BCUT2D eigenvalue weighted by Gasteiger charge is 2.19. The zero-order chi connectivity index (χ0) is 21.1. The number of carbonyl (C=O) groups excluding carboxylic acids is 1. The molecule has 0 bridgehead atoms. The molecule has 0 radical (unpaired) electrons. The van der Waals surface area contributed by atoms with E-state index in [0.717, 1.165) is 16.9 Å². The Morgan fingerprint density at radius 3 is 2.67 bits per heavy atom. The van der Waals surface area contributed by atoms with Crippen LogP contribution in [-0.4, -0.2) is 38.7 Å². The Morgan fingerprint density at radius 2 is 1.87 bits per heavy atom. The zero-order valence-corrected chi connectivity index (χ0v) is 16.9. The van der Waals surface area contributed by atoms with E-state index >= 15 is 0 Å². The van der Waals surface area contributed by atoms with Crippen molar-refractivity contribution in [3.05, 3.63) is 71.0 Å². The number of nitrogens with zero attached hydrogens (tertiary/aromatic N) is 4. The molecule has 2 aromatic heterocycles. The minimum Gasteiger partial charge on any atom is -0.383 e. The largest absolute Gasteiger partial charge is 0.383 e. The summed E-state index contributed by atoms with van der Waals surface area (Å²) in [4.78, 5) is 34.2. The van der Waals surface area contributed by atoms with Crippen LogP contribution in [0.5, 0.6) is 0 Å². The van der Waals surface area contributed by atoms with Gasteiger partial charge in [0.2, 0.25) is 5.91 Å². The highest BCUT2D eigenvalue weighted by Crippen LogP contribution is 2.20. The third-order valence-electron chi connectivity index (χ3n) is 5.01. The Bertz CT molecular complexity index is 1260. The van der Waals surface area contributed by atoms with Crippen LogP contribution in [0.3, 0.4) is 0 Å². The van der Waals surface area contributed by atoms with E-state index in [0.29, 0.717) is 24.1 Å². The molecule has 0 aliphatic rings. The molecule has 0 saturated heterocycles. The Morgan fingerprint density at radius 1 is 1.13 bits per heavy atom. The van der Waals surface area contributed by atoms with Crippen LogP contribution in [0.2, 0.25) is 0 Å². The van der Waals surface area contributed by atoms with E-state index in [1.807, 2.05) is 41.8 Å². The average Bonchev–Trinajstić information content (AvgIpc) is 3.13. The number of para-hydroxylation sites is 3. The van der Waals surface area contributed by atoms with Crippen molar-refractivity contribution in [2.75, 3.05) is 13.7 Å². The van der Waals surface area contributed by atoms with Gasteiger partial charge in [-0.1, -0.05) is 24.3 Å². The number of hydrogen-bond acceptors (Lipinski definition) is 5. The number of ether oxygens (including phenoxy) is 1. The number of hydrogen-bond donors (Lipinski definition) is 1. The number of amides is 1. The topological polar surface area (TPSA) is 91.0 Å². The summed E-state index contributed by atoms with van der Waals surface area (Å²) in [7, 11) is 1.65. The molecule has 0 aliphatic heterocycles. The van der Waals surface area contributed by atoms with Crippen molar-refractivity contribution in [3.63, 3.8) is 0 Å². The van der Waals surface area contributed by atoms with Crippen molar-refractivity contribution in [1.29, 1.82) is 0 Å². The summed E-state index contributed by atoms with van der Waals surface area (Å²) in [5.41, 5.74) is 2.22. The summed E-state index contributed by atoms with van der Waals surface area (Å²) in [6.45, 7) is 2.93. The number of rotatable bonds is 7. The molecule has 4 rings (SSSR count). The second-order valence-corrected chi connectivity index (χ2v) is 7.09. The number of benzene rings is 2. The van der Waals surface area contributed by atoms with E-state index < -0.39 is 0 Å². The normalized spacial score (nSPS) is 12.3. The standard InChI is InChI=1S/C22H23N5O3/c1-15(21-25-18-9-5-6-10-19(18)27(21)11-12-30-2)24-20(28)13-26-14-23-17-8-4-3-7-16(17)22(26)29/h3-10,14-15H,11-13H2,1-2H3,(H,24,28)/t15-/m0/s1. The van der Waals surface area contributed by atoms with E-state index in [2.05, 4.69) is 10.3 Å². The smallest absolute Gasteiger partial charge is 0.261 e. The molecule has 0 spiro atoms. The maximum atomic E-state index is 12.7. The van der Waals surface area contributed by atoms with E-state index in [9.17, 15) is 9.59 Å². The molecule has 0 saturated carbocycles. The highest BCUT2D eigenvalue weighted by atomic mass is 16.5. The van der Waals surface area contributed by atoms with Crippen molar-refractivity contribution in [2.45, 2.75) is 26.1 Å². The fourth-order valence-electron chi connectivity index (χ4n) is 3.57. The molecule has 1 N–H and O–H groups in total. The van der Waals surface area contributed by atoms with Crippen LogP contribution in [0.25, 0.3) is 21.9 Å². The van der Waals surface area contributed by atoms with Gasteiger partial charge in [-0.25, -0.2) is 9.97 Å². The van der Waals surface area contributed by atoms with Gasteiger partial charge in [0.15, 0.2) is 0 Å². The number of nitrogens with one attached hydrogen (secondary N) is 1. The molecule has 8 heteroatoms. The lowest BCUT2D eigenvalue weighted by Gasteiger charge is -2.16. The quantitative estimate of drug-likeness (QED) is 0.509. The average molecular weight is 405 g/mol. The highest BCUT2D eigenvalue weighted by molar-refractivity contribution is 5.79. The molecule has 2 heterocycles. The first kappa shape index (κ1) is 19.8. The van der Waals surface area contributed by atoms with Crippen LogP contribution < -0.4 is 10.9 Å². The van der Waals surface area contributed by atoms with Gasteiger partial charge in [-0.05, 0) is 31.2 Å². The summed E-state index contributed by atoms with van der Waals surface area (Å²) < 4.78 is 8.59. The van der Waals surface area contributed by atoms with E-state index in [1.54, 1.807) is 25.3 Å².